The van der Waals surface area contributed by atoms with Gasteiger partial charge in [0.25, 0.3) is 5.91 Å². The number of amides is 2. The lowest BCUT2D eigenvalue weighted by Crippen LogP contribution is -2.40. The van der Waals surface area contributed by atoms with Gasteiger partial charge in [0, 0.05) is 11.4 Å². The number of hydrogen-bond acceptors (Lipinski definition) is 5. The van der Waals surface area contributed by atoms with Crippen molar-refractivity contribution in [1.82, 2.24) is 15.5 Å². The highest BCUT2D eigenvalue weighted by Crippen LogP contribution is 2.22. The summed E-state index contributed by atoms with van der Waals surface area (Å²) in [5, 5.41) is 7.37. The fraction of sp³-hybridized carbons (Fsp3) is 0.333. The highest BCUT2D eigenvalue weighted by molar-refractivity contribution is 9.10. The van der Waals surface area contributed by atoms with Crippen molar-refractivity contribution in [1.29, 1.82) is 0 Å². The Morgan fingerprint density at radius 2 is 2.09 bits per heavy atom. The van der Waals surface area contributed by atoms with Gasteiger partial charge in [0.15, 0.2) is 10.4 Å². The van der Waals surface area contributed by atoms with E-state index < -0.39 is 5.91 Å². The van der Waals surface area contributed by atoms with Gasteiger partial charge in [-0.1, -0.05) is 6.07 Å². The molecular formula is C15H18BrN3O3S. The van der Waals surface area contributed by atoms with Gasteiger partial charge in [-0.25, -0.2) is 0 Å². The third-order valence-corrected chi connectivity index (χ3v) is 4.59. The van der Waals surface area contributed by atoms with Crippen molar-refractivity contribution in [2.75, 3.05) is 27.2 Å². The summed E-state index contributed by atoms with van der Waals surface area (Å²) in [7, 11) is 3.93. The molecule has 2 rings (SSSR count). The van der Waals surface area contributed by atoms with E-state index in [9.17, 15) is 9.59 Å². The molecular weight excluding hydrogens is 382 g/mol. The minimum atomic E-state index is -0.423. The number of halogens is 1. The lowest BCUT2D eigenvalue weighted by atomic mass is 10.2. The van der Waals surface area contributed by atoms with Crippen LogP contribution in [0.15, 0.2) is 38.7 Å². The Hall–Kier alpha value is -1.64. The molecule has 6 nitrogen and oxygen atoms in total. The lowest BCUT2D eigenvalue weighted by Gasteiger charge is -2.23. The van der Waals surface area contributed by atoms with Crippen molar-refractivity contribution in [3.63, 3.8) is 0 Å². The molecule has 2 N–H and O–H groups in total. The van der Waals surface area contributed by atoms with Crippen molar-refractivity contribution >= 4 is 39.1 Å². The molecule has 0 aromatic carbocycles. The van der Waals surface area contributed by atoms with Crippen molar-refractivity contribution in [3.8, 4) is 0 Å². The topological polar surface area (TPSA) is 74.6 Å². The van der Waals surface area contributed by atoms with Gasteiger partial charge in [-0.2, -0.15) is 0 Å². The van der Waals surface area contributed by atoms with Gasteiger partial charge in [0.1, 0.15) is 0 Å². The zero-order valence-corrected chi connectivity index (χ0v) is 15.2. The summed E-state index contributed by atoms with van der Waals surface area (Å²) in [6.45, 7) is 0.385. The summed E-state index contributed by atoms with van der Waals surface area (Å²) in [6.07, 6.45) is 0. The van der Waals surface area contributed by atoms with Crippen molar-refractivity contribution in [2.24, 2.45) is 0 Å². The Balaban J connectivity index is 1.79. The highest BCUT2D eigenvalue weighted by Gasteiger charge is 2.17. The first-order valence-electron chi connectivity index (χ1n) is 6.97. The van der Waals surface area contributed by atoms with Crippen LogP contribution in [0, 0.1) is 0 Å². The third kappa shape index (κ3) is 5.19. The molecule has 0 spiro atoms. The zero-order valence-electron chi connectivity index (χ0n) is 12.8. The first-order valence-corrected chi connectivity index (χ1v) is 8.64. The number of carbonyl (C=O) groups excluding carboxylic acids is 2. The van der Waals surface area contributed by atoms with Crippen LogP contribution in [-0.2, 0) is 4.79 Å². The molecule has 124 valence electrons. The van der Waals surface area contributed by atoms with Crippen molar-refractivity contribution in [2.45, 2.75) is 6.04 Å². The maximum Gasteiger partial charge on any atom is 0.287 e. The number of rotatable bonds is 7. The molecule has 0 bridgehead atoms. The quantitative estimate of drug-likeness (QED) is 0.748. The number of carbonyl (C=O) groups is 2. The van der Waals surface area contributed by atoms with Crippen LogP contribution in [0.3, 0.4) is 0 Å². The van der Waals surface area contributed by atoms with Crippen LogP contribution in [0.4, 0.5) is 0 Å². The van der Waals surface area contributed by atoms with E-state index >= 15 is 0 Å². The van der Waals surface area contributed by atoms with Crippen LogP contribution < -0.4 is 10.6 Å². The first-order chi connectivity index (χ1) is 11.0. The van der Waals surface area contributed by atoms with Gasteiger partial charge < -0.3 is 20.0 Å². The zero-order chi connectivity index (χ0) is 16.8. The second kappa shape index (κ2) is 8.28. The van der Waals surface area contributed by atoms with Gasteiger partial charge in [-0.05, 0) is 53.6 Å². The van der Waals surface area contributed by atoms with Crippen LogP contribution in [0.1, 0.15) is 21.5 Å². The largest absolute Gasteiger partial charge is 0.444 e. The van der Waals surface area contributed by atoms with Gasteiger partial charge in [0.05, 0.1) is 12.6 Å². The molecule has 0 radical (unpaired) electrons. The number of hydrogen-bond donors (Lipinski definition) is 2. The van der Waals surface area contributed by atoms with Crippen LogP contribution in [0.5, 0.6) is 0 Å². The lowest BCUT2D eigenvalue weighted by molar-refractivity contribution is -0.120. The molecule has 0 saturated carbocycles. The number of thiophene rings is 1. The molecule has 2 aromatic heterocycles. The van der Waals surface area contributed by atoms with E-state index in [0.29, 0.717) is 11.2 Å². The van der Waals surface area contributed by atoms with Crippen LogP contribution >= 0.6 is 27.3 Å². The van der Waals surface area contributed by atoms with Gasteiger partial charge in [0.2, 0.25) is 5.91 Å². The summed E-state index contributed by atoms with van der Waals surface area (Å²) in [4.78, 5) is 26.9. The number of likely N-dealkylation sites (N-methyl/N-ethyl adjacent to an activating group) is 1. The normalized spacial score (nSPS) is 12.2. The molecule has 2 amide bonds. The average molecular weight is 400 g/mol. The third-order valence-electron chi connectivity index (χ3n) is 3.19. The Morgan fingerprint density at radius 3 is 2.65 bits per heavy atom. The van der Waals surface area contributed by atoms with E-state index in [1.165, 1.54) is 10.9 Å². The molecule has 0 aliphatic heterocycles. The van der Waals surface area contributed by atoms with Gasteiger partial charge in [-0.3, -0.25) is 9.59 Å². The fourth-order valence-electron chi connectivity index (χ4n) is 1.98. The molecule has 2 aromatic rings. The SMILES string of the molecule is CN(C)[C@H](CNC(=O)CNC(=O)c1ccc(Br)o1)c1cccs1. The molecule has 0 fully saturated rings. The minimum Gasteiger partial charge on any atom is -0.444 e. The smallest absolute Gasteiger partial charge is 0.287 e. The van der Waals surface area contributed by atoms with Crippen LogP contribution in [0.25, 0.3) is 0 Å². The Labute approximate surface area is 147 Å². The summed E-state index contributed by atoms with van der Waals surface area (Å²) in [5.74, 6) is -0.505. The standard InChI is InChI=1S/C15H18BrN3O3S/c1-19(2)10(12-4-3-7-23-12)8-17-14(20)9-18-15(21)11-5-6-13(16)22-11/h3-7,10H,8-9H2,1-2H3,(H,17,20)(H,18,21)/t10-/m1/s1. The Kier molecular flexibility index (Phi) is 6.37. The van der Waals surface area contributed by atoms with E-state index in [1.54, 1.807) is 17.4 Å². The van der Waals surface area contributed by atoms with E-state index in [1.807, 2.05) is 36.5 Å². The number of nitrogens with zero attached hydrogens (tertiary/aromatic N) is 1. The average Bonchev–Trinajstić information content (AvgIpc) is 3.16. The maximum atomic E-state index is 11.9. The first kappa shape index (κ1) is 17.7. The minimum absolute atomic E-state index is 0.0955. The highest BCUT2D eigenvalue weighted by atomic mass is 79.9. The van der Waals surface area contributed by atoms with E-state index in [4.69, 9.17) is 4.42 Å². The fourth-order valence-corrected chi connectivity index (χ4v) is 3.20. The summed E-state index contributed by atoms with van der Waals surface area (Å²) in [5.41, 5.74) is 0. The maximum absolute atomic E-state index is 11.9. The predicted molar refractivity (Wildman–Crippen MR) is 92.5 cm³/mol. The molecule has 8 heteroatoms. The Bertz CT molecular complexity index is 655. The van der Waals surface area contributed by atoms with Crippen molar-refractivity contribution < 1.29 is 14.0 Å². The molecule has 0 aliphatic carbocycles. The van der Waals surface area contributed by atoms with E-state index in [2.05, 4.69) is 26.6 Å². The number of nitrogens with one attached hydrogen (secondary N) is 2. The molecule has 23 heavy (non-hydrogen) atoms. The van der Waals surface area contributed by atoms with Crippen LogP contribution in [-0.4, -0.2) is 43.9 Å². The molecule has 0 saturated heterocycles. The molecule has 2 heterocycles. The molecule has 1 atom stereocenters. The van der Waals surface area contributed by atoms with Gasteiger partial charge >= 0.3 is 0 Å². The molecule has 0 aliphatic rings. The second-order valence-corrected chi connectivity index (χ2v) is 6.85. The summed E-state index contributed by atoms with van der Waals surface area (Å²) >= 11 is 4.77. The summed E-state index contributed by atoms with van der Waals surface area (Å²) in [6, 6.07) is 7.29. The van der Waals surface area contributed by atoms with Gasteiger partial charge in [-0.15, -0.1) is 11.3 Å². The van der Waals surface area contributed by atoms with E-state index in [0.717, 1.165) is 0 Å². The summed E-state index contributed by atoms with van der Waals surface area (Å²) < 4.78 is 5.59. The monoisotopic (exact) mass is 399 g/mol. The number of furan rings is 1. The van der Waals surface area contributed by atoms with Crippen LogP contribution in [0.2, 0.25) is 0 Å². The van der Waals surface area contributed by atoms with Crippen molar-refractivity contribution in [3.05, 3.63) is 45.0 Å². The molecule has 0 unspecified atom stereocenters. The second-order valence-electron chi connectivity index (χ2n) is 5.09. The van der Waals surface area contributed by atoms with E-state index in [-0.39, 0.29) is 24.3 Å². The Morgan fingerprint density at radius 1 is 1.30 bits per heavy atom. The predicted octanol–water partition coefficient (Wildman–Crippen LogP) is 2.25.